The summed E-state index contributed by atoms with van der Waals surface area (Å²) in [5, 5.41) is 0. The van der Waals surface area contributed by atoms with Gasteiger partial charge in [0.15, 0.2) is 17.7 Å². The fourth-order valence-electron chi connectivity index (χ4n) is 2.35. The smallest absolute Gasteiger partial charge is 0.0597 e. The predicted molar refractivity (Wildman–Crippen MR) is 40.3 cm³/mol. The summed E-state index contributed by atoms with van der Waals surface area (Å²) in [7, 11) is -0.177. The lowest BCUT2D eigenvalue weighted by Crippen LogP contribution is -2.37. The third-order valence-corrected chi connectivity index (χ3v) is 18.4. The van der Waals surface area contributed by atoms with Gasteiger partial charge in [0.25, 0.3) is 0 Å². The lowest BCUT2D eigenvalue weighted by atomic mass is 11.7. The maximum atomic E-state index is 2.54. The second-order valence-electron chi connectivity index (χ2n) is 3.66. The molecule has 3 saturated heterocycles. The first kappa shape index (κ1) is 4.71. The van der Waals surface area contributed by atoms with Gasteiger partial charge in [-0.05, 0) is 0 Å². The Hall–Kier alpha value is 0.860. The monoisotopic (exact) mass is 134 g/mol. The highest BCUT2D eigenvalue weighted by atomic mass is 31.3. The molecule has 0 amide bonds. The molecule has 0 aromatic carbocycles. The summed E-state index contributed by atoms with van der Waals surface area (Å²) in [6.45, 7) is 5.08. The molecule has 0 saturated carbocycles. The van der Waals surface area contributed by atoms with Gasteiger partial charge in [0.05, 0.1) is 13.3 Å². The molecule has 2 bridgehead atoms. The van der Waals surface area contributed by atoms with Crippen molar-refractivity contribution in [2.45, 2.75) is 0 Å². The summed E-state index contributed by atoms with van der Waals surface area (Å²) in [6.07, 6.45) is 0. The Morgan fingerprint density at radius 1 is 0.857 bits per heavy atom. The molecule has 3 rings (SSSR count). The molecule has 40 valence electrons. The molecule has 3 fully saturated rings. The van der Waals surface area contributed by atoms with Gasteiger partial charge in [-0.3, -0.25) is 0 Å². The van der Waals surface area contributed by atoms with E-state index in [0.29, 0.717) is 0 Å². The molecule has 3 aliphatic heterocycles. The van der Waals surface area contributed by atoms with E-state index in [-0.39, 0.29) is 14.5 Å². The Kier molecular flexibility index (Phi) is 0.630. The topological polar surface area (TPSA) is 0 Å². The van der Waals surface area contributed by atoms with Crippen LogP contribution in [0.3, 0.4) is 0 Å². The van der Waals surface area contributed by atoms with Gasteiger partial charge >= 0.3 is 0 Å². The molecule has 7 heavy (non-hydrogen) atoms. The molecule has 0 radical (unpaired) electrons. The summed E-state index contributed by atoms with van der Waals surface area (Å²) >= 11 is 0. The van der Waals surface area contributed by atoms with Crippen molar-refractivity contribution >= 4 is 14.5 Å². The molecule has 3 aliphatic rings. The number of hydrogen-bond donors (Lipinski definition) is 0. The predicted octanol–water partition coefficient (Wildman–Crippen LogP) is 2.18. The van der Waals surface area contributed by atoms with Gasteiger partial charge in [0.1, 0.15) is 14.5 Å². The first-order valence-electron chi connectivity index (χ1n) is 2.79. The largest absolute Gasteiger partial charge is 0.174 e. The fraction of sp³-hybridized carbons (Fsp3) is 1.00. The molecule has 0 nitrogen and oxygen atoms in total. The molecule has 0 aliphatic carbocycles. The number of rotatable bonds is 0. The second-order valence-corrected chi connectivity index (χ2v) is 13.5. The molecule has 0 aromatic heterocycles. The van der Waals surface area contributed by atoms with Crippen LogP contribution in [0.2, 0.25) is 0 Å². The van der Waals surface area contributed by atoms with E-state index in [4.69, 9.17) is 0 Å². The van der Waals surface area contributed by atoms with Crippen molar-refractivity contribution in [1.29, 1.82) is 0 Å². The summed E-state index contributed by atoms with van der Waals surface area (Å²) in [4.78, 5) is 0. The summed E-state index contributed by atoms with van der Waals surface area (Å²) in [5.41, 5.74) is 0. The minimum absolute atomic E-state index is 0.0885. The first-order valence-corrected chi connectivity index (χ1v) is 8.38. The molecule has 2 heteroatoms. The Morgan fingerprint density at radius 3 is 1.14 bits per heavy atom. The van der Waals surface area contributed by atoms with Crippen LogP contribution in [0.5, 0.6) is 0 Å². The molecule has 0 unspecified atom stereocenters. The van der Waals surface area contributed by atoms with Crippen molar-refractivity contribution in [3.8, 4) is 0 Å². The van der Waals surface area contributed by atoms with Crippen molar-refractivity contribution in [2.24, 2.45) is 0 Å². The highest BCUT2D eigenvalue weighted by Gasteiger charge is 2.79. The first-order chi connectivity index (χ1) is 3.12. The van der Waals surface area contributed by atoms with Gasteiger partial charge in [-0.2, -0.15) is 0 Å². The zero-order chi connectivity index (χ0) is 5.12. The molecular weight excluding hydrogens is 122 g/mol. The van der Waals surface area contributed by atoms with Crippen LogP contribution in [0.25, 0.3) is 0 Å². The van der Waals surface area contributed by atoms with Crippen molar-refractivity contribution in [3.63, 3.8) is 0 Å². The molecule has 0 N–H and O–H groups in total. The van der Waals surface area contributed by atoms with E-state index in [1.165, 1.54) is 0 Å². The minimum Gasteiger partial charge on any atom is 0.0597 e. The van der Waals surface area contributed by atoms with Crippen LogP contribution in [0.4, 0.5) is 0 Å². The Labute approximate surface area is 46.4 Å². The van der Waals surface area contributed by atoms with E-state index >= 15 is 0 Å². The SMILES string of the molecule is C[P+]12C[P+](C)(C1)C2. The van der Waals surface area contributed by atoms with Crippen LogP contribution in [-0.2, 0) is 0 Å². The number of hydrogen-bond acceptors (Lipinski definition) is 0. The van der Waals surface area contributed by atoms with E-state index in [0.717, 1.165) is 0 Å². The van der Waals surface area contributed by atoms with Gasteiger partial charge in [0.2, 0.25) is 0 Å². The molecule has 3 heterocycles. The second kappa shape index (κ2) is 0.937. The Bertz CT molecular complexity index is 87.5. The average molecular weight is 134 g/mol. The van der Waals surface area contributed by atoms with Gasteiger partial charge in [0, 0.05) is 0 Å². The maximum absolute atomic E-state index is 2.54. The van der Waals surface area contributed by atoms with E-state index in [1.54, 1.807) is 17.7 Å². The van der Waals surface area contributed by atoms with Crippen molar-refractivity contribution in [1.82, 2.24) is 0 Å². The van der Waals surface area contributed by atoms with Gasteiger partial charge in [-0.15, -0.1) is 0 Å². The normalized spacial score (nSPS) is 66.0. The zero-order valence-electron chi connectivity index (χ0n) is 5.02. The average Bonchev–Trinajstić information content (AvgIpc) is 1.27. The van der Waals surface area contributed by atoms with E-state index in [9.17, 15) is 0 Å². The third-order valence-electron chi connectivity index (χ3n) is 2.05. The molecule has 0 aromatic rings. The Morgan fingerprint density at radius 2 is 1.14 bits per heavy atom. The molecule has 0 spiro atoms. The van der Waals surface area contributed by atoms with E-state index in [2.05, 4.69) is 13.3 Å². The van der Waals surface area contributed by atoms with Gasteiger partial charge in [-0.25, -0.2) is 0 Å². The van der Waals surface area contributed by atoms with E-state index in [1.807, 2.05) is 0 Å². The molecular formula is C5H12P2+2. The summed E-state index contributed by atoms with van der Waals surface area (Å²) < 4.78 is 0. The Balaban J connectivity index is 2.16. The zero-order valence-corrected chi connectivity index (χ0v) is 6.80. The van der Waals surface area contributed by atoms with Crippen molar-refractivity contribution < 1.29 is 0 Å². The summed E-state index contributed by atoms with van der Waals surface area (Å²) in [6, 6.07) is 0. The lowest BCUT2D eigenvalue weighted by molar-refractivity contribution is 1.47. The fourth-order valence-corrected chi connectivity index (χ4v) is 21.1. The third kappa shape index (κ3) is 0.456. The van der Waals surface area contributed by atoms with Crippen LogP contribution < -0.4 is 0 Å². The summed E-state index contributed by atoms with van der Waals surface area (Å²) in [5.74, 6) is 5.21. The van der Waals surface area contributed by atoms with E-state index < -0.39 is 0 Å². The highest BCUT2D eigenvalue weighted by Crippen LogP contribution is 3.03. The minimum atomic E-state index is -0.0885. The quantitative estimate of drug-likeness (QED) is 0.445. The van der Waals surface area contributed by atoms with Crippen LogP contribution >= 0.6 is 14.5 Å². The van der Waals surface area contributed by atoms with Crippen LogP contribution in [0.1, 0.15) is 0 Å². The van der Waals surface area contributed by atoms with Gasteiger partial charge < -0.3 is 0 Å². The van der Waals surface area contributed by atoms with Crippen LogP contribution in [0, 0.1) is 0 Å². The molecule has 0 atom stereocenters. The van der Waals surface area contributed by atoms with Crippen LogP contribution in [-0.4, -0.2) is 31.0 Å². The van der Waals surface area contributed by atoms with Crippen molar-refractivity contribution in [3.05, 3.63) is 0 Å². The lowest BCUT2D eigenvalue weighted by Gasteiger charge is -2.50. The maximum Gasteiger partial charge on any atom is 0.174 e. The van der Waals surface area contributed by atoms with Gasteiger partial charge in [-0.1, -0.05) is 0 Å². The van der Waals surface area contributed by atoms with Crippen molar-refractivity contribution in [2.75, 3.05) is 31.0 Å². The standard InChI is InChI=1S/C5H12P2/c1-6-3-7(2,4-6)5-6/h3-5H2,1-2H3/q+2. The highest BCUT2D eigenvalue weighted by molar-refractivity contribution is 8.21. The van der Waals surface area contributed by atoms with Crippen LogP contribution in [0.15, 0.2) is 0 Å².